The summed E-state index contributed by atoms with van der Waals surface area (Å²) in [4.78, 5) is 14.9. The molecular weight excluding hydrogens is 214 g/mol. The molecule has 88 valence electrons. The van der Waals surface area contributed by atoms with Crippen LogP contribution in [0.2, 0.25) is 0 Å². The van der Waals surface area contributed by atoms with Crippen LogP contribution < -0.4 is 10.6 Å². The van der Waals surface area contributed by atoms with Crippen molar-refractivity contribution in [2.24, 2.45) is 5.92 Å². The number of nitrogens with one attached hydrogen (secondary N) is 3. The summed E-state index contributed by atoms with van der Waals surface area (Å²) in [6.45, 7) is 1.93. The van der Waals surface area contributed by atoms with E-state index in [4.69, 9.17) is 0 Å². The Balaban J connectivity index is 1.68. The Morgan fingerprint density at radius 2 is 2.24 bits per heavy atom. The maximum Gasteiger partial charge on any atom is 0.224 e. The smallest absolute Gasteiger partial charge is 0.224 e. The predicted octanol–water partition coefficient (Wildman–Crippen LogP) is 1.72. The van der Waals surface area contributed by atoms with E-state index in [0.29, 0.717) is 12.3 Å². The summed E-state index contributed by atoms with van der Waals surface area (Å²) in [6.07, 6.45) is 2.51. The summed E-state index contributed by atoms with van der Waals surface area (Å²) in [5, 5.41) is 7.23. The fourth-order valence-corrected chi connectivity index (χ4v) is 2.10. The Hall–Kier alpha value is -1.81. The zero-order valence-electron chi connectivity index (χ0n) is 9.49. The van der Waals surface area contributed by atoms with E-state index in [9.17, 15) is 4.79 Å². The van der Waals surface area contributed by atoms with Crippen LogP contribution in [0, 0.1) is 5.92 Å². The molecule has 0 saturated carbocycles. The van der Waals surface area contributed by atoms with Crippen LogP contribution >= 0.6 is 0 Å². The van der Waals surface area contributed by atoms with Crippen LogP contribution in [0.25, 0.3) is 10.9 Å². The fourth-order valence-electron chi connectivity index (χ4n) is 2.10. The molecule has 1 saturated heterocycles. The molecule has 1 aromatic carbocycles. The van der Waals surface area contributed by atoms with Crippen LogP contribution in [0.1, 0.15) is 6.42 Å². The molecule has 1 aromatic heterocycles. The predicted molar refractivity (Wildman–Crippen MR) is 67.9 cm³/mol. The van der Waals surface area contributed by atoms with Gasteiger partial charge in [-0.25, -0.2) is 0 Å². The van der Waals surface area contributed by atoms with Gasteiger partial charge in [0.15, 0.2) is 0 Å². The van der Waals surface area contributed by atoms with Crippen molar-refractivity contribution in [1.82, 2.24) is 10.3 Å². The molecule has 1 aliphatic heterocycles. The maximum absolute atomic E-state index is 11.7. The maximum atomic E-state index is 11.7. The van der Waals surface area contributed by atoms with Gasteiger partial charge in [-0.1, -0.05) is 0 Å². The first-order valence-electron chi connectivity index (χ1n) is 5.89. The lowest BCUT2D eigenvalue weighted by atomic mass is 9.99. The van der Waals surface area contributed by atoms with Crippen molar-refractivity contribution >= 4 is 22.5 Å². The van der Waals surface area contributed by atoms with Gasteiger partial charge in [0.2, 0.25) is 5.91 Å². The van der Waals surface area contributed by atoms with E-state index < -0.39 is 0 Å². The first kappa shape index (κ1) is 10.4. The Bertz CT molecular complexity index is 542. The molecule has 3 N–H and O–H groups in total. The van der Waals surface area contributed by atoms with Gasteiger partial charge in [0.25, 0.3) is 0 Å². The number of benzene rings is 1. The van der Waals surface area contributed by atoms with Gasteiger partial charge in [0.1, 0.15) is 0 Å². The van der Waals surface area contributed by atoms with Crippen molar-refractivity contribution in [2.75, 3.05) is 18.4 Å². The zero-order valence-corrected chi connectivity index (χ0v) is 9.49. The summed E-state index contributed by atoms with van der Waals surface area (Å²) in [7, 11) is 0. The Morgan fingerprint density at radius 1 is 1.35 bits per heavy atom. The largest absolute Gasteiger partial charge is 0.361 e. The van der Waals surface area contributed by atoms with Gasteiger partial charge in [-0.2, -0.15) is 0 Å². The third kappa shape index (κ3) is 2.17. The Morgan fingerprint density at radius 3 is 3.00 bits per heavy atom. The first-order valence-corrected chi connectivity index (χ1v) is 5.89. The lowest BCUT2D eigenvalue weighted by molar-refractivity contribution is -0.117. The highest BCUT2D eigenvalue weighted by Gasteiger charge is 2.19. The van der Waals surface area contributed by atoms with Crippen molar-refractivity contribution in [2.45, 2.75) is 6.42 Å². The summed E-state index contributed by atoms with van der Waals surface area (Å²) in [5.74, 6) is 0.609. The van der Waals surface area contributed by atoms with Crippen LogP contribution in [0.5, 0.6) is 0 Å². The highest BCUT2D eigenvalue weighted by molar-refractivity contribution is 5.93. The van der Waals surface area contributed by atoms with E-state index in [1.807, 2.05) is 30.5 Å². The molecule has 4 heteroatoms. The molecule has 0 atom stereocenters. The number of aromatic amines is 1. The van der Waals surface area contributed by atoms with Crippen LogP contribution in [0.3, 0.4) is 0 Å². The number of carbonyl (C=O) groups is 1. The Labute approximate surface area is 99.4 Å². The highest BCUT2D eigenvalue weighted by Crippen LogP contribution is 2.18. The van der Waals surface area contributed by atoms with Crippen molar-refractivity contribution in [1.29, 1.82) is 0 Å². The average Bonchev–Trinajstić information content (AvgIpc) is 2.71. The SMILES string of the molecule is O=C(CC1CNC1)Nc1ccc2[nH]ccc2c1. The van der Waals surface area contributed by atoms with Gasteiger partial charge in [0.05, 0.1) is 0 Å². The second kappa shape index (κ2) is 4.22. The quantitative estimate of drug-likeness (QED) is 0.750. The molecule has 17 heavy (non-hydrogen) atoms. The summed E-state index contributed by atoms with van der Waals surface area (Å²) < 4.78 is 0. The molecule has 0 spiro atoms. The van der Waals surface area contributed by atoms with Crippen LogP contribution in [0.15, 0.2) is 30.5 Å². The number of hydrogen-bond acceptors (Lipinski definition) is 2. The molecule has 2 aromatic rings. The normalized spacial score (nSPS) is 15.8. The highest BCUT2D eigenvalue weighted by atomic mass is 16.1. The van der Waals surface area contributed by atoms with Gasteiger partial charge < -0.3 is 15.6 Å². The van der Waals surface area contributed by atoms with Crippen LogP contribution in [0.4, 0.5) is 5.69 Å². The zero-order chi connectivity index (χ0) is 11.7. The number of aromatic nitrogens is 1. The lowest BCUT2D eigenvalue weighted by Crippen LogP contribution is -2.43. The minimum Gasteiger partial charge on any atom is -0.361 e. The molecule has 0 aliphatic carbocycles. The van der Waals surface area contributed by atoms with Gasteiger partial charge in [-0.15, -0.1) is 0 Å². The van der Waals surface area contributed by atoms with E-state index in [-0.39, 0.29) is 5.91 Å². The van der Waals surface area contributed by atoms with Gasteiger partial charge >= 0.3 is 0 Å². The van der Waals surface area contributed by atoms with Crippen molar-refractivity contribution in [3.05, 3.63) is 30.5 Å². The number of rotatable bonds is 3. The number of carbonyl (C=O) groups excluding carboxylic acids is 1. The van der Waals surface area contributed by atoms with Crippen LogP contribution in [-0.4, -0.2) is 24.0 Å². The van der Waals surface area contributed by atoms with Crippen molar-refractivity contribution in [3.63, 3.8) is 0 Å². The minimum atomic E-state index is 0.103. The van der Waals surface area contributed by atoms with E-state index in [1.54, 1.807) is 0 Å². The summed E-state index contributed by atoms with van der Waals surface area (Å²) in [5.41, 5.74) is 1.96. The molecule has 0 bridgehead atoms. The lowest BCUT2D eigenvalue weighted by Gasteiger charge is -2.26. The molecule has 0 unspecified atom stereocenters. The minimum absolute atomic E-state index is 0.103. The molecular formula is C13H15N3O. The van der Waals surface area contributed by atoms with Gasteiger partial charge in [0, 0.05) is 29.2 Å². The molecule has 1 fully saturated rings. The molecule has 0 radical (unpaired) electrons. The molecule has 2 heterocycles. The summed E-state index contributed by atoms with van der Waals surface area (Å²) >= 11 is 0. The first-order chi connectivity index (χ1) is 8.31. The van der Waals surface area contributed by atoms with E-state index in [2.05, 4.69) is 15.6 Å². The van der Waals surface area contributed by atoms with Crippen molar-refractivity contribution in [3.8, 4) is 0 Å². The van der Waals surface area contributed by atoms with E-state index in [1.165, 1.54) is 0 Å². The molecule has 1 amide bonds. The number of anilines is 1. The number of H-pyrrole nitrogens is 1. The monoisotopic (exact) mass is 229 g/mol. The van der Waals surface area contributed by atoms with Gasteiger partial charge in [-0.05, 0) is 43.3 Å². The average molecular weight is 229 g/mol. The second-order valence-corrected chi connectivity index (χ2v) is 4.56. The number of hydrogen-bond donors (Lipinski definition) is 3. The van der Waals surface area contributed by atoms with E-state index >= 15 is 0 Å². The third-order valence-corrected chi connectivity index (χ3v) is 3.18. The Kier molecular flexibility index (Phi) is 2.57. The number of amides is 1. The number of fused-ring (bicyclic) bond motifs is 1. The molecule has 4 nitrogen and oxygen atoms in total. The van der Waals surface area contributed by atoms with Crippen molar-refractivity contribution < 1.29 is 4.79 Å². The van der Waals surface area contributed by atoms with Gasteiger partial charge in [-0.3, -0.25) is 4.79 Å². The summed E-state index contributed by atoms with van der Waals surface area (Å²) in [6, 6.07) is 7.90. The second-order valence-electron chi connectivity index (χ2n) is 4.56. The van der Waals surface area contributed by atoms with E-state index in [0.717, 1.165) is 29.7 Å². The molecule has 1 aliphatic rings. The third-order valence-electron chi connectivity index (χ3n) is 3.18. The topological polar surface area (TPSA) is 56.9 Å². The standard InChI is InChI=1S/C13H15N3O/c17-13(5-9-7-14-8-9)16-11-1-2-12-10(6-11)3-4-15-12/h1-4,6,9,14-15H,5,7-8H2,(H,16,17). The van der Waals surface area contributed by atoms with Crippen LogP contribution in [-0.2, 0) is 4.79 Å². The fraction of sp³-hybridized carbons (Fsp3) is 0.308. The molecule has 3 rings (SSSR count).